The van der Waals surface area contributed by atoms with Crippen LogP contribution in [0.5, 0.6) is 5.75 Å². The first-order valence-electron chi connectivity index (χ1n) is 7.25. The number of hydrogen-bond acceptors (Lipinski definition) is 3. The van der Waals surface area contributed by atoms with Crippen molar-refractivity contribution in [1.29, 1.82) is 0 Å². The van der Waals surface area contributed by atoms with Crippen molar-refractivity contribution < 1.29 is 14.3 Å². The van der Waals surface area contributed by atoms with Gasteiger partial charge in [0.15, 0.2) is 0 Å². The molecule has 1 rings (SSSR count). The maximum Gasteiger partial charge on any atom is 0.251 e. The molecular weight excluding hydrogens is 254 g/mol. The van der Waals surface area contributed by atoms with Gasteiger partial charge in [0, 0.05) is 24.3 Å². The normalized spacial score (nSPS) is 10.3. The molecule has 0 unspecified atom stereocenters. The third-order valence-electron chi connectivity index (χ3n) is 2.96. The fourth-order valence-corrected chi connectivity index (χ4v) is 1.84. The molecule has 4 nitrogen and oxygen atoms in total. The molecule has 0 fully saturated rings. The second kappa shape index (κ2) is 9.37. The molecular formula is C16H25NO3. The first-order valence-corrected chi connectivity index (χ1v) is 7.25. The van der Waals surface area contributed by atoms with Gasteiger partial charge in [-0.1, -0.05) is 20.3 Å². The Morgan fingerprint density at radius 1 is 1.25 bits per heavy atom. The molecule has 0 aliphatic rings. The van der Waals surface area contributed by atoms with Crippen molar-refractivity contribution in [3.8, 4) is 5.75 Å². The SMILES string of the molecule is CCCCNC(=O)c1ccc(OC)c(COCCC)c1. The van der Waals surface area contributed by atoms with Gasteiger partial charge in [0.1, 0.15) is 5.75 Å². The van der Waals surface area contributed by atoms with Crippen LogP contribution in [0.25, 0.3) is 0 Å². The van der Waals surface area contributed by atoms with Gasteiger partial charge in [0.05, 0.1) is 13.7 Å². The zero-order chi connectivity index (χ0) is 14.8. The summed E-state index contributed by atoms with van der Waals surface area (Å²) in [5, 5.41) is 2.91. The van der Waals surface area contributed by atoms with Crippen LogP contribution in [0.15, 0.2) is 18.2 Å². The fraction of sp³-hybridized carbons (Fsp3) is 0.562. The zero-order valence-electron chi connectivity index (χ0n) is 12.7. The van der Waals surface area contributed by atoms with Crippen LogP contribution < -0.4 is 10.1 Å². The lowest BCUT2D eigenvalue weighted by Gasteiger charge is -2.11. The highest BCUT2D eigenvalue weighted by Crippen LogP contribution is 2.21. The van der Waals surface area contributed by atoms with Crippen molar-refractivity contribution in [3.05, 3.63) is 29.3 Å². The van der Waals surface area contributed by atoms with E-state index in [9.17, 15) is 4.79 Å². The van der Waals surface area contributed by atoms with Crippen LogP contribution in [-0.2, 0) is 11.3 Å². The van der Waals surface area contributed by atoms with E-state index in [-0.39, 0.29) is 5.91 Å². The molecule has 1 aromatic rings. The lowest BCUT2D eigenvalue weighted by Crippen LogP contribution is -2.24. The van der Waals surface area contributed by atoms with Gasteiger partial charge in [-0.15, -0.1) is 0 Å². The number of benzene rings is 1. The Bertz CT molecular complexity index is 418. The molecule has 0 aliphatic carbocycles. The van der Waals surface area contributed by atoms with E-state index in [2.05, 4.69) is 19.2 Å². The van der Waals surface area contributed by atoms with Gasteiger partial charge >= 0.3 is 0 Å². The van der Waals surface area contributed by atoms with Crippen LogP contribution in [0.1, 0.15) is 49.0 Å². The first-order chi connectivity index (χ1) is 9.72. The van der Waals surface area contributed by atoms with Crippen LogP contribution in [0.3, 0.4) is 0 Å². The molecule has 1 N–H and O–H groups in total. The zero-order valence-corrected chi connectivity index (χ0v) is 12.7. The Morgan fingerprint density at radius 2 is 2.05 bits per heavy atom. The summed E-state index contributed by atoms with van der Waals surface area (Å²) in [5.41, 5.74) is 1.56. The predicted octanol–water partition coefficient (Wildman–Crippen LogP) is 3.15. The molecule has 112 valence electrons. The second-order valence-corrected chi connectivity index (χ2v) is 4.69. The number of nitrogens with one attached hydrogen (secondary N) is 1. The number of hydrogen-bond donors (Lipinski definition) is 1. The van der Waals surface area contributed by atoms with E-state index in [0.29, 0.717) is 25.3 Å². The highest BCUT2D eigenvalue weighted by molar-refractivity contribution is 5.94. The molecule has 0 bridgehead atoms. The van der Waals surface area contributed by atoms with Crippen molar-refractivity contribution in [2.75, 3.05) is 20.3 Å². The topological polar surface area (TPSA) is 47.6 Å². The smallest absolute Gasteiger partial charge is 0.251 e. The standard InChI is InChI=1S/C16H25NO3/c1-4-6-9-17-16(18)13-7-8-15(19-3)14(11-13)12-20-10-5-2/h7-8,11H,4-6,9-10,12H2,1-3H3,(H,17,18). The number of carbonyl (C=O) groups excluding carboxylic acids is 1. The maximum atomic E-state index is 12.0. The summed E-state index contributed by atoms with van der Waals surface area (Å²) in [5.74, 6) is 0.712. The second-order valence-electron chi connectivity index (χ2n) is 4.69. The average Bonchev–Trinajstić information content (AvgIpc) is 2.47. The van der Waals surface area contributed by atoms with Crippen molar-refractivity contribution in [2.24, 2.45) is 0 Å². The molecule has 4 heteroatoms. The van der Waals surface area contributed by atoms with Gasteiger partial charge in [-0.2, -0.15) is 0 Å². The highest BCUT2D eigenvalue weighted by atomic mass is 16.5. The first kappa shape index (κ1) is 16.5. The minimum absolute atomic E-state index is 0.0437. The van der Waals surface area contributed by atoms with E-state index >= 15 is 0 Å². The Balaban J connectivity index is 2.72. The van der Waals surface area contributed by atoms with Crippen molar-refractivity contribution >= 4 is 5.91 Å². The van der Waals surface area contributed by atoms with Gasteiger partial charge in [-0.05, 0) is 31.0 Å². The molecule has 0 saturated heterocycles. The van der Waals surface area contributed by atoms with Gasteiger partial charge in [-0.25, -0.2) is 0 Å². The lowest BCUT2D eigenvalue weighted by atomic mass is 10.1. The van der Waals surface area contributed by atoms with Crippen LogP contribution in [0.4, 0.5) is 0 Å². The van der Waals surface area contributed by atoms with Crippen LogP contribution in [-0.4, -0.2) is 26.2 Å². The minimum Gasteiger partial charge on any atom is -0.496 e. The van der Waals surface area contributed by atoms with Crippen LogP contribution in [0.2, 0.25) is 0 Å². The lowest BCUT2D eigenvalue weighted by molar-refractivity contribution is 0.0952. The van der Waals surface area contributed by atoms with Crippen LogP contribution in [0, 0.1) is 0 Å². The molecule has 0 spiro atoms. The summed E-state index contributed by atoms with van der Waals surface area (Å²) in [6.45, 7) is 6.05. The highest BCUT2D eigenvalue weighted by Gasteiger charge is 2.10. The van der Waals surface area contributed by atoms with E-state index in [1.54, 1.807) is 13.2 Å². The van der Waals surface area contributed by atoms with Gasteiger partial charge in [0.25, 0.3) is 5.91 Å². The molecule has 0 aromatic heterocycles. The molecule has 0 radical (unpaired) electrons. The number of carbonyl (C=O) groups is 1. The fourth-order valence-electron chi connectivity index (χ4n) is 1.84. The molecule has 0 saturated carbocycles. The molecule has 1 amide bonds. The van der Waals surface area contributed by atoms with E-state index in [1.165, 1.54) is 0 Å². The Hall–Kier alpha value is -1.55. The molecule has 20 heavy (non-hydrogen) atoms. The molecule has 0 aliphatic heterocycles. The van der Waals surface area contributed by atoms with E-state index in [0.717, 1.165) is 30.6 Å². The van der Waals surface area contributed by atoms with Crippen molar-refractivity contribution in [1.82, 2.24) is 5.32 Å². The third-order valence-corrected chi connectivity index (χ3v) is 2.96. The van der Waals surface area contributed by atoms with Gasteiger partial charge in [-0.3, -0.25) is 4.79 Å². The van der Waals surface area contributed by atoms with E-state index in [4.69, 9.17) is 9.47 Å². The molecule has 0 heterocycles. The largest absolute Gasteiger partial charge is 0.496 e. The minimum atomic E-state index is -0.0437. The number of methoxy groups -OCH3 is 1. The molecule has 0 atom stereocenters. The monoisotopic (exact) mass is 279 g/mol. The molecule has 1 aromatic carbocycles. The maximum absolute atomic E-state index is 12.0. The summed E-state index contributed by atoms with van der Waals surface area (Å²) < 4.78 is 10.8. The number of ether oxygens (including phenoxy) is 2. The van der Waals surface area contributed by atoms with E-state index < -0.39 is 0 Å². The quantitative estimate of drug-likeness (QED) is 0.706. The van der Waals surface area contributed by atoms with Gasteiger partial charge in [0.2, 0.25) is 0 Å². The number of unbranched alkanes of at least 4 members (excludes halogenated alkanes) is 1. The third kappa shape index (κ3) is 5.21. The summed E-state index contributed by atoms with van der Waals surface area (Å²) in [6.07, 6.45) is 3.03. The number of amides is 1. The average molecular weight is 279 g/mol. The van der Waals surface area contributed by atoms with E-state index in [1.807, 2.05) is 12.1 Å². The Morgan fingerprint density at radius 3 is 2.70 bits per heavy atom. The number of rotatable bonds is 9. The summed E-state index contributed by atoms with van der Waals surface area (Å²) >= 11 is 0. The summed E-state index contributed by atoms with van der Waals surface area (Å²) in [6, 6.07) is 5.44. The van der Waals surface area contributed by atoms with Crippen molar-refractivity contribution in [2.45, 2.75) is 39.7 Å². The Kier molecular flexibility index (Phi) is 7.73. The van der Waals surface area contributed by atoms with Crippen LogP contribution >= 0.6 is 0 Å². The van der Waals surface area contributed by atoms with Crippen molar-refractivity contribution in [3.63, 3.8) is 0 Å². The Labute approximate surface area is 121 Å². The summed E-state index contributed by atoms with van der Waals surface area (Å²) in [4.78, 5) is 12.0. The predicted molar refractivity (Wildman–Crippen MR) is 80.2 cm³/mol. The van der Waals surface area contributed by atoms with Gasteiger partial charge < -0.3 is 14.8 Å². The summed E-state index contributed by atoms with van der Waals surface area (Å²) in [7, 11) is 1.62.